The normalized spacial score (nSPS) is 10.1. The fourth-order valence-electron chi connectivity index (χ4n) is 2.57. The van der Waals surface area contributed by atoms with Gasteiger partial charge in [-0.2, -0.15) is 5.10 Å². The summed E-state index contributed by atoms with van der Waals surface area (Å²) in [5.41, 5.74) is 9.29. The van der Waals surface area contributed by atoms with E-state index in [1.165, 1.54) is 11.1 Å². The van der Waals surface area contributed by atoms with E-state index >= 15 is 0 Å². The highest BCUT2D eigenvalue weighted by atomic mass is 32.1. The van der Waals surface area contributed by atoms with Crippen molar-refractivity contribution in [1.82, 2.24) is 5.43 Å². The Morgan fingerprint density at radius 2 is 1.35 bits per heavy atom. The molecule has 0 saturated heterocycles. The topological polar surface area (TPSA) is 36.4 Å². The number of hydrogen-bond acceptors (Lipinski definition) is 2. The molecule has 0 bridgehead atoms. The molecule has 0 spiro atoms. The first-order valence-corrected chi connectivity index (χ1v) is 8.87. The van der Waals surface area contributed by atoms with Crippen molar-refractivity contribution in [3.63, 3.8) is 0 Å². The van der Waals surface area contributed by atoms with Crippen LogP contribution in [0.25, 0.3) is 0 Å². The summed E-state index contributed by atoms with van der Waals surface area (Å²) in [6, 6.07) is 26.3. The summed E-state index contributed by atoms with van der Waals surface area (Å²) < 4.78 is 0. The van der Waals surface area contributed by atoms with Gasteiger partial charge in [0, 0.05) is 16.8 Å². The highest BCUT2D eigenvalue weighted by Crippen LogP contribution is 2.14. The lowest BCUT2D eigenvalue weighted by atomic mass is 10.0. The van der Waals surface area contributed by atoms with Gasteiger partial charge in [0.15, 0.2) is 5.11 Å². The minimum atomic E-state index is 0.456. The van der Waals surface area contributed by atoms with Crippen LogP contribution in [0.5, 0.6) is 0 Å². The van der Waals surface area contributed by atoms with Gasteiger partial charge >= 0.3 is 0 Å². The molecule has 0 radical (unpaired) electrons. The Labute approximate surface area is 159 Å². The van der Waals surface area contributed by atoms with Gasteiger partial charge in [0.2, 0.25) is 0 Å². The van der Waals surface area contributed by atoms with E-state index < -0.39 is 0 Å². The van der Waals surface area contributed by atoms with Crippen molar-refractivity contribution in [3.05, 3.63) is 101 Å². The minimum Gasteiger partial charge on any atom is -0.331 e. The molecule has 0 amide bonds. The van der Waals surface area contributed by atoms with Gasteiger partial charge in [-0.25, -0.2) is 0 Å². The van der Waals surface area contributed by atoms with Gasteiger partial charge in [-0.05, 0) is 49.3 Å². The summed E-state index contributed by atoms with van der Waals surface area (Å²) in [4.78, 5) is 0. The highest BCUT2D eigenvalue weighted by Gasteiger charge is 2.07. The lowest BCUT2D eigenvalue weighted by Gasteiger charge is -2.11. The Morgan fingerprint density at radius 1 is 0.769 bits per heavy atom. The molecule has 0 aromatic heterocycles. The van der Waals surface area contributed by atoms with Crippen molar-refractivity contribution in [2.24, 2.45) is 5.10 Å². The number of anilines is 1. The summed E-state index contributed by atoms with van der Waals surface area (Å²) in [6.45, 7) is 4.17. The largest absolute Gasteiger partial charge is 0.331 e. The van der Waals surface area contributed by atoms with Crippen LogP contribution in [0.4, 0.5) is 5.69 Å². The number of thiocarbonyl (C=S) groups is 1. The standard InChI is InChI=1S/C22H21N3S/c1-16-13-14-20(15-17(16)2)23-22(26)25-24-21(18-9-5-3-6-10-18)19-11-7-4-8-12-19/h3-15H,1-2H3,(H2,23,25,26). The quantitative estimate of drug-likeness (QED) is 0.389. The second-order valence-corrected chi connectivity index (χ2v) is 6.47. The van der Waals surface area contributed by atoms with E-state index in [1.807, 2.05) is 66.7 Å². The first-order valence-electron chi connectivity index (χ1n) is 8.46. The van der Waals surface area contributed by atoms with Crippen molar-refractivity contribution < 1.29 is 0 Å². The Morgan fingerprint density at radius 3 is 1.88 bits per heavy atom. The molecule has 3 aromatic carbocycles. The van der Waals surface area contributed by atoms with Gasteiger partial charge in [-0.3, -0.25) is 5.43 Å². The molecule has 3 rings (SSSR count). The van der Waals surface area contributed by atoms with Crippen LogP contribution in [-0.2, 0) is 0 Å². The van der Waals surface area contributed by atoms with Gasteiger partial charge in [0.1, 0.15) is 0 Å². The SMILES string of the molecule is Cc1ccc(NC(=S)NN=C(c2ccccc2)c2ccccc2)cc1C. The number of aryl methyl sites for hydroxylation is 2. The van der Waals surface area contributed by atoms with Crippen molar-refractivity contribution >= 4 is 28.7 Å². The number of nitrogens with zero attached hydrogens (tertiary/aromatic N) is 1. The fraction of sp³-hybridized carbons (Fsp3) is 0.0909. The molecule has 0 fully saturated rings. The zero-order valence-electron chi connectivity index (χ0n) is 14.9. The van der Waals surface area contributed by atoms with Gasteiger partial charge in [0.25, 0.3) is 0 Å². The predicted octanol–water partition coefficient (Wildman–Crippen LogP) is 5.04. The number of rotatable bonds is 4. The zero-order chi connectivity index (χ0) is 18.4. The van der Waals surface area contributed by atoms with Crippen molar-refractivity contribution in [3.8, 4) is 0 Å². The van der Waals surface area contributed by atoms with Crippen molar-refractivity contribution in [2.45, 2.75) is 13.8 Å². The molecule has 26 heavy (non-hydrogen) atoms. The molecule has 3 nitrogen and oxygen atoms in total. The first kappa shape index (κ1) is 17.8. The molecular formula is C22H21N3S. The molecule has 0 aliphatic heterocycles. The Hall–Kier alpha value is -2.98. The van der Waals surface area contributed by atoms with E-state index in [0.717, 1.165) is 22.5 Å². The number of hydrogen-bond donors (Lipinski definition) is 2. The van der Waals surface area contributed by atoms with E-state index in [1.54, 1.807) is 0 Å². The number of hydrazone groups is 1. The number of nitrogens with one attached hydrogen (secondary N) is 2. The molecular weight excluding hydrogens is 338 g/mol. The molecule has 2 N–H and O–H groups in total. The van der Waals surface area contributed by atoms with Gasteiger partial charge < -0.3 is 5.32 Å². The molecule has 130 valence electrons. The molecule has 0 saturated carbocycles. The molecule has 4 heteroatoms. The van der Waals surface area contributed by atoms with Crippen LogP contribution in [0.15, 0.2) is 84.0 Å². The lowest BCUT2D eigenvalue weighted by Crippen LogP contribution is -2.25. The van der Waals surface area contributed by atoms with Crippen molar-refractivity contribution in [1.29, 1.82) is 0 Å². The monoisotopic (exact) mass is 359 g/mol. The van der Waals surface area contributed by atoms with Gasteiger partial charge in [-0.1, -0.05) is 66.7 Å². The maximum atomic E-state index is 5.40. The van der Waals surface area contributed by atoms with E-state index in [9.17, 15) is 0 Å². The van der Waals surface area contributed by atoms with E-state index in [-0.39, 0.29) is 0 Å². The van der Waals surface area contributed by atoms with E-state index in [2.05, 4.69) is 41.8 Å². The van der Waals surface area contributed by atoms with Crippen LogP contribution >= 0.6 is 12.2 Å². The Balaban J connectivity index is 1.80. The summed E-state index contributed by atoms with van der Waals surface area (Å²) in [5, 5.41) is 8.20. The molecule has 0 heterocycles. The second kappa shape index (κ2) is 8.41. The van der Waals surface area contributed by atoms with E-state index in [0.29, 0.717) is 5.11 Å². The van der Waals surface area contributed by atoms with Crippen LogP contribution in [0.2, 0.25) is 0 Å². The van der Waals surface area contributed by atoms with Crippen LogP contribution in [0, 0.1) is 13.8 Å². The Kier molecular flexibility index (Phi) is 5.77. The van der Waals surface area contributed by atoms with Crippen LogP contribution in [0.1, 0.15) is 22.3 Å². The average Bonchev–Trinajstić information content (AvgIpc) is 2.67. The Bertz CT molecular complexity index is 877. The predicted molar refractivity (Wildman–Crippen MR) is 114 cm³/mol. The van der Waals surface area contributed by atoms with Gasteiger partial charge in [-0.15, -0.1) is 0 Å². The second-order valence-electron chi connectivity index (χ2n) is 6.06. The zero-order valence-corrected chi connectivity index (χ0v) is 15.7. The summed E-state index contributed by atoms with van der Waals surface area (Å²) in [5.74, 6) is 0. The van der Waals surface area contributed by atoms with Gasteiger partial charge in [0.05, 0.1) is 5.71 Å². The van der Waals surface area contributed by atoms with E-state index in [4.69, 9.17) is 12.2 Å². The third kappa shape index (κ3) is 4.55. The summed E-state index contributed by atoms with van der Waals surface area (Å²) >= 11 is 5.40. The molecule has 3 aromatic rings. The van der Waals surface area contributed by atoms with Crippen LogP contribution < -0.4 is 10.7 Å². The summed E-state index contributed by atoms with van der Waals surface area (Å²) in [6.07, 6.45) is 0. The minimum absolute atomic E-state index is 0.456. The van der Waals surface area contributed by atoms with Crippen molar-refractivity contribution in [2.75, 3.05) is 5.32 Å². The number of benzene rings is 3. The van der Waals surface area contributed by atoms with Crippen LogP contribution in [0.3, 0.4) is 0 Å². The first-order chi connectivity index (χ1) is 12.6. The highest BCUT2D eigenvalue weighted by molar-refractivity contribution is 7.80. The average molecular weight is 359 g/mol. The third-order valence-electron chi connectivity index (χ3n) is 4.13. The smallest absolute Gasteiger partial charge is 0.191 e. The third-order valence-corrected chi connectivity index (χ3v) is 4.32. The lowest BCUT2D eigenvalue weighted by molar-refractivity contribution is 1.04. The molecule has 0 unspecified atom stereocenters. The maximum Gasteiger partial charge on any atom is 0.191 e. The molecule has 0 aliphatic carbocycles. The van der Waals surface area contributed by atoms with Crippen LogP contribution in [-0.4, -0.2) is 10.8 Å². The maximum absolute atomic E-state index is 5.40. The molecule has 0 atom stereocenters. The fourth-order valence-corrected chi connectivity index (χ4v) is 2.74. The summed E-state index contributed by atoms with van der Waals surface area (Å²) in [7, 11) is 0. The molecule has 0 aliphatic rings.